The van der Waals surface area contributed by atoms with E-state index in [0.29, 0.717) is 47.1 Å². The molecule has 3 aliphatic heterocycles. The first kappa shape index (κ1) is 26.0. The maximum Gasteiger partial charge on any atom is 0.319 e. The third kappa shape index (κ3) is 4.41. The van der Waals surface area contributed by atoms with Gasteiger partial charge in [-0.05, 0) is 69.9 Å². The lowest BCUT2D eigenvalue weighted by atomic mass is 9.92. The lowest BCUT2D eigenvalue weighted by Gasteiger charge is -2.34. The van der Waals surface area contributed by atoms with Gasteiger partial charge in [0, 0.05) is 37.8 Å². The van der Waals surface area contributed by atoms with E-state index >= 15 is 8.78 Å². The Bertz CT molecular complexity index is 1430. The fraction of sp³-hybridized carbons (Fsp3) is 0.581. The largest absolute Gasteiger partial charge is 0.461 e. The van der Waals surface area contributed by atoms with Crippen LogP contribution in [0, 0.1) is 17.7 Å². The van der Waals surface area contributed by atoms with Gasteiger partial charge in [-0.3, -0.25) is 9.88 Å². The predicted molar refractivity (Wildman–Crippen MR) is 148 cm³/mol. The zero-order valence-electron chi connectivity index (χ0n) is 23.2. The fourth-order valence-electron chi connectivity index (χ4n) is 7.75. The second kappa shape index (κ2) is 9.57. The van der Waals surface area contributed by atoms with Crippen molar-refractivity contribution in [1.29, 1.82) is 0 Å². The van der Waals surface area contributed by atoms with Crippen LogP contribution in [0.2, 0.25) is 0 Å². The molecule has 1 saturated carbocycles. The molecule has 2 aromatic heterocycles. The van der Waals surface area contributed by atoms with Crippen LogP contribution in [-0.4, -0.2) is 64.3 Å². The highest BCUT2D eigenvalue weighted by Gasteiger charge is 2.49. The lowest BCUT2D eigenvalue weighted by molar-refractivity contribution is 0.107. The summed E-state index contributed by atoms with van der Waals surface area (Å²) in [5.74, 6) is 1.20. The maximum atomic E-state index is 16.4. The van der Waals surface area contributed by atoms with Crippen LogP contribution in [-0.2, 0) is 5.67 Å². The van der Waals surface area contributed by atoms with E-state index < -0.39 is 17.7 Å². The molecule has 2 unspecified atom stereocenters. The summed E-state index contributed by atoms with van der Waals surface area (Å²) < 4.78 is 52.1. The quantitative estimate of drug-likeness (QED) is 0.362. The molecule has 1 aliphatic carbocycles. The number of fused-ring (bicyclic) bond motifs is 4. The summed E-state index contributed by atoms with van der Waals surface area (Å²) in [4.78, 5) is 18.3. The van der Waals surface area contributed by atoms with Crippen molar-refractivity contribution in [2.75, 3.05) is 37.7 Å². The minimum Gasteiger partial charge on any atom is -0.461 e. The van der Waals surface area contributed by atoms with Crippen molar-refractivity contribution in [1.82, 2.24) is 19.9 Å². The summed E-state index contributed by atoms with van der Waals surface area (Å²) in [6.07, 6.45) is 6.66. The summed E-state index contributed by atoms with van der Waals surface area (Å²) >= 11 is 0. The van der Waals surface area contributed by atoms with Crippen LogP contribution in [0.4, 0.5) is 19.0 Å². The Morgan fingerprint density at radius 1 is 1.10 bits per heavy atom. The number of rotatable bonds is 6. The molecule has 0 spiro atoms. The molecule has 212 valence electrons. The van der Waals surface area contributed by atoms with Crippen LogP contribution >= 0.6 is 0 Å². The standard InChI is InChI=1S/C31H36F3N5O/c1-30(2,34)24-7-4-3-6-22(24)26-25(33)27-23(14-35-26)28(38-15-19-8-9-20(12-19)16-38)37-29(36-27)40-18-31-10-5-11-39(31)17-21(32)13-31/h3-4,6-7,14,19-21H,5,8-13,15-18H2,1-2H3/t19?,20?,21-,31+/m1/s1. The SMILES string of the molecule is CC(C)(F)c1ccccc1-c1ncc2c(N3CC4CCC(C4)C3)nc(OC[C@@]34CCCN3C[C@H](F)C4)nc2c1F. The van der Waals surface area contributed by atoms with E-state index in [0.717, 1.165) is 32.5 Å². The summed E-state index contributed by atoms with van der Waals surface area (Å²) in [6, 6.07) is 6.95. The van der Waals surface area contributed by atoms with Gasteiger partial charge in [-0.1, -0.05) is 24.3 Å². The van der Waals surface area contributed by atoms with Crippen LogP contribution in [0.3, 0.4) is 0 Å². The number of benzene rings is 1. The molecule has 4 aliphatic rings. The van der Waals surface area contributed by atoms with Gasteiger partial charge in [-0.2, -0.15) is 9.97 Å². The molecule has 0 amide bonds. The Hall–Kier alpha value is -2.94. The Morgan fingerprint density at radius 2 is 1.88 bits per heavy atom. The number of pyridine rings is 1. The van der Waals surface area contributed by atoms with Crippen molar-refractivity contribution in [3.05, 3.63) is 41.8 Å². The highest BCUT2D eigenvalue weighted by Crippen LogP contribution is 2.43. The molecule has 4 fully saturated rings. The van der Waals surface area contributed by atoms with E-state index in [4.69, 9.17) is 9.72 Å². The van der Waals surface area contributed by atoms with Crippen molar-refractivity contribution >= 4 is 16.7 Å². The van der Waals surface area contributed by atoms with Crippen molar-refractivity contribution in [3.63, 3.8) is 0 Å². The Morgan fingerprint density at radius 3 is 2.65 bits per heavy atom. The molecule has 0 radical (unpaired) electrons. The molecule has 1 aromatic carbocycles. The minimum atomic E-state index is -1.68. The second-order valence-corrected chi connectivity index (χ2v) is 12.8. The van der Waals surface area contributed by atoms with Gasteiger partial charge >= 0.3 is 6.01 Å². The van der Waals surface area contributed by atoms with Gasteiger partial charge in [0.1, 0.15) is 35.5 Å². The first-order valence-electron chi connectivity index (χ1n) is 14.6. The number of ether oxygens (including phenoxy) is 1. The summed E-state index contributed by atoms with van der Waals surface area (Å²) in [5, 5.41) is 0.525. The average Bonchev–Trinajstić information content (AvgIpc) is 3.57. The van der Waals surface area contributed by atoms with Gasteiger partial charge in [0.15, 0.2) is 5.82 Å². The van der Waals surface area contributed by atoms with Gasteiger partial charge in [0.25, 0.3) is 0 Å². The van der Waals surface area contributed by atoms with E-state index in [1.807, 2.05) is 0 Å². The zero-order chi connectivity index (χ0) is 27.6. The number of aromatic nitrogens is 3. The molecule has 2 bridgehead atoms. The number of hydrogen-bond acceptors (Lipinski definition) is 6. The summed E-state index contributed by atoms with van der Waals surface area (Å²) in [6.45, 7) is 6.17. The van der Waals surface area contributed by atoms with Crippen LogP contribution < -0.4 is 9.64 Å². The van der Waals surface area contributed by atoms with Gasteiger partial charge < -0.3 is 9.64 Å². The van der Waals surface area contributed by atoms with Gasteiger partial charge in [-0.15, -0.1) is 0 Å². The van der Waals surface area contributed by atoms with Crippen LogP contribution in [0.25, 0.3) is 22.2 Å². The third-order valence-corrected chi connectivity index (χ3v) is 9.60. The molecular weight excluding hydrogens is 515 g/mol. The molecular formula is C31H36F3N5O. The number of nitrogens with zero attached hydrogens (tertiary/aromatic N) is 5. The van der Waals surface area contributed by atoms with E-state index in [1.54, 1.807) is 30.5 Å². The van der Waals surface area contributed by atoms with Crippen molar-refractivity contribution < 1.29 is 17.9 Å². The monoisotopic (exact) mass is 551 g/mol. The van der Waals surface area contributed by atoms with Gasteiger partial charge in [0.2, 0.25) is 0 Å². The highest BCUT2D eigenvalue weighted by molar-refractivity contribution is 5.92. The topological polar surface area (TPSA) is 54.4 Å². The molecule has 5 heterocycles. The fourth-order valence-corrected chi connectivity index (χ4v) is 7.75. The van der Waals surface area contributed by atoms with E-state index in [-0.39, 0.29) is 29.4 Å². The molecule has 7 rings (SSSR count). The second-order valence-electron chi connectivity index (χ2n) is 12.8. The molecule has 3 aromatic rings. The van der Waals surface area contributed by atoms with Crippen molar-refractivity contribution in [2.45, 2.75) is 69.8 Å². The molecule has 40 heavy (non-hydrogen) atoms. The average molecular weight is 552 g/mol. The van der Waals surface area contributed by atoms with Crippen LogP contribution in [0.1, 0.15) is 57.9 Å². The van der Waals surface area contributed by atoms with Gasteiger partial charge in [-0.25, -0.2) is 13.2 Å². The first-order valence-corrected chi connectivity index (χ1v) is 14.6. The van der Waals surface area contributed by atoms with E-state index in [9.17, 15) is 4.39 Å². The Balaban J connectivity index is 1.32. The smallest absolute Gasteiger partial charge is 0.319 e. The molecule has 4 atom stereocenters. The number of piperidine rings is 1. The highest BCUT2D eigenvalue weighted by atomic mass is 19.1. The van der Waals surface area contributed by atoms with Crippen molar-refractivity contribution in [3.8, 4) is 17.3 Å². The minimum absolute atomic E-state index is 0.0553. The molecule has 0 N–H and O–H groups in total. The molecule has 6 nitrogen and oxygen atoms in total. The first-order chi connectivity index (χ1) is 19.2. The number of anilines is 1. The Labute approximate surface area is 233 Å². The normalized spacial score (nSPS) is 28.4. The van der Waals surface area contributed by atoms with E-state index in [1.165, 1.54) is 33.1 Å². The van der Waals surface area contributed by atoms with Crippen molar-refractivity contribution in [2.24, 2.45) is 11.8 Å². The zero-order valence-corrected chi connectivity index (χ0v) is 23.2. The molecule has 9 heteroatoms. The predicted octanol–water partition coefficient (Wildman–Crippen LogP) is 6.23. The van der Waals surface area contributed by atoms with Gasteiger partial charge in [0.05, 0.1) is 10.9 Å². The van der Waals surface area contributed by atoms with Crippen LogP contribution in [0.15, 0.2) is 30.5 Å². The number of alkyl halides is 2. The van der Waals surface area contributed by atoms with E-state index in [2.05, 4.69) is 19.8 Å². The number of hydrogen-bond donors (Lipinski definition) is 0. The number of halogens is 3. The molecule has 3 saturated heterocycles. The van der Waals surface area contributed by atoms with Crippen LogP contribution in [0.5, 0.6) is 6.01 Å². The maximum absolute atomic E-state index is 16.4. The lowest BCUT2D eigenvalue weighted by Crippen LogP contribution is -2.43. The summed E-state index contributed by atoms with van der Waals surface area (Å²) in [7, 11) is 0. The third-order valence-electron chi connectivity index (χ3n) is 9.60. The Kier molecular flexibility index (Phi) is 6.22. The summed E-state index contributed by atoms with van der Waals surface area (Å²) in [5.41, 5.74) is -1.12.